The van der Waals surface area contributed by atoms with Crippen LogP contribution in [0, 0.1) is 5.92 Å². The maximum absolute atomic E-state index is 12.6. The molecule has 6 nitrogen and oxygen atoms in total. The SMILES string of the molecule is C=CC1CC(C2CCCN2C(=O)OC(C)(C)C)CN1C(=O)OC(C)(C)C. The molecule has 0 radical (unpaired) electrons. The van der Waals surface area contributed by atoms with Crippen molar-refractivity contribution in [2.45, 2.75) is 84.1 Å². The van der Waals surface area contributed by atoms with E-state index in [1.54, 1.807) is 11.0 Å². The Hall–Kier alpha value is -1.72. The van der Waals surface area contributed by atoms with Crippen LogP contribution in [0.5, 0.6) is 0 Å². The second-order valence-electron chi connectivity index (χ2n) is 9.31. The number of likely N-dealkylation sites (tertiary alicyclic amines) is 2. The van der Waals surface area contributed by atoms with E-state index in [4.69, 9.17) is 9.47 Å². The van der Waals surface area contributed by atoms with Crippen LogP contribution in [0.1, 0.15) is 60.8 Å². The Morgan fingerprint density at radius 1 is 1.00 bits per heavy atom. The number of hydrogen-bond donors (Lipinski definition) is 0. The van der Waals surface area contributed by atoms with Crippen molar-refractivity contribution in [1.29, 1.82) is 0 Å². The number of amides is 2. The van der Waals surface area contributed by atoms with Crippen LogP contribution in [0.4, 0.5) is 9.59 Å². The second kappa shape index (κ2) is 7.49. The van der Waals surface area contributed by atoms with Crippen molar-refractivity contribution in [3.05, 3.63) is 12.7 Å². The van der Waals surface area contributed by atoms with Crippen LogP contribution in [-0.4, -0.2) is 58.4 Å². The van der Waals surface area contributed by atoms with E-state index in [1.165, 1.54) is 0 Å². The summed E-state index contributed by atoms with van der Waals surface area (Å²) in [6.07, 6.45) is 3.93. The van der Waals surface area contributed by atoms with E-state index < -0.39 is 11.2 Å². The lowest BCUT2D eigenvalue weighted by Gasteiger charge is -2.31. The minimum absolute atomic E-state index is 0.0593. The molecule has 2 fully saturated rings. The number of ether oxygens (including phenoxy) is 2. The highest BCUT2D eigenvalue weighted by Gasteiger charge is 2.44. The van der Waals surface area contributed by atoms with Gasteiger partial charge < -0.3 is 19.3 Å². The third-order valence-corrected chi connectivity index (χ3v) is 4.75. The van der Waals surface area contributed by atoms with E-state index in [2.05, 4.69) is 6.58 Å². The minimum atomic E-state index is -0.531. The lowest BCUT2D eigenvalue weighted by atomic mass is 9.95. The molecule has 2 amide bonds. The molecule has 0 aromatic heterocycles. The summed E-state index contributed by atoms with van der Waals surface area (Å²) in [5.41, 5.74) is -1.04. The first-order valence-corrected chi connectivity index (χ1v) is 9.53. The maximum atomic E-state index is 12.6. The van der Waals surface area contributed by atoms with E-state index in [1.807, 2.05) is 46.4 Å². The van der Waals surface area contributed by atoms with Crippen LogP contribution >= 0.6 is 0 Å². The van der Waals surface area contributed by atoms with Gasteiger partial charge in [-0.15, -0.1) is 6.58 Å². The third-order valence-electron chi connectivity index (χ3n) is 4.75. The van der Waals surface area contributed by atoms with Crippen molar-refractivity contribution in [3.63, 3.8) is 0 Å². The van der Waals surface area contributed by atoms with Crippen LogP contribution in [0.25, 0.3) is 0 Å². The van der Waals surface area contributed by atoms with Gasteiger partial charge in [0.1, 0.15) is 11.2 Å². The Labute approximate surface area is 157 Å². The van der Waals surface area contributed by atoms with Gasteiger partial charge in [-0.1, -0.05) is 6.08 Å². The molecular weight excluding hydrogens is 332 g/mol. The first kappa shape index (κ1) is 20.6. The number of carbonyl (C=O) groups excluding carboxylic acids is 2. The molecule has 3 atom stereocenters. The minimum Gasteiger partial charge on any atom is -0.444 e. The largest absolute Gasteiger partial charge is 0.444 e. The van der Waals surface area contributed by atoms with E-state index >= 15 is 0 Å². The normalized spacial score (nSPS) is 26.8. The van der Waals surface area contributed by atoms with Gasteiger partial charge in [0.2, 0.25) is 0 Å². The van der Waals surface area contributed by atoms with Crippen molar-refractivity contribution < 1.29 is 19.1 Å². The quantitative estimate of drug-likeness (QED) is 0.687. The molecular formula is C20H34N2O4. The molecule has 0 N–H and O–H groups in total. The fourth-order valence-electron chi connectivity index (χ4n) is 3.76. The topological polar surface area (TPSA) is 59.1 Å². The average molecular weight is 367 g/mol. The standard InChI is InChI=1S/C20H34N2O4/c1-8-15-12-14(13-22(15)18(24)26-20(5,6)7)16-10-9-11-21(16)17(23)25-19(2,3)4/h8,14-16H,1,9-13H2,2-7H3. The highest BCUT2D eigenvalue weighted by atomic mass is 16.6. The molecule has 2 aliphatic heterocycles. The summed E-state index contributed by atoms with van der Waals surface area (Å²) < 4.78 is 11.1. The highest BCUT2D eigenvalue weighted by Crippen LogP contribution is 2.35. The number of rotatable bonds is 2. The Morgan fingerprint density at radius 2 is 1.54 bits per heavy atom. The van der Waals surface area contributed by atoms with Gasteiger partial charge in [0, 0.05) is 19.1 Å². The van der Waals surface area contributed by atoms with Crippen LogP contribution in [0.2, 0.25) is 0 Å². The van der Waals surface area contributed by atoms with Crippen LogP contribution in [0.15, 0.2) is 12.7 Å². The molecule has 6 heteroatoms. The Morgan fingerprint density at radius 3 is 2.04 bits per heavy atom. The molecule has 0 aromatic carbocycles. The molecule has 3 unspecified atom stereocenters. The van der Waals surface area contributed by atoms with E-state index in [0.29, 0.717) is 13.1 Å². The van der Waals surface area contributed by atoms with E-state index in [-0.39, 0.29) is 30.2 Å². The summed E-state index contributed by atoms with van der Waals surface area (Å²) in [7, 11) is 0. The van der Waals surface area contributed by atoms with Gasteiger partial charge in [-0.3, -0.25) is 0 Å². The molecule has 0 spiro atoms. The molecule has 0 aromatic rings. The summed E-state index contributed by atoms with van der Waals surface area (Å²) in [4.78, 5) is 28.7. The number of carbonyl (C=O) groups is 2. The van der Waals surface area contributed by atoms with Gasteiger partial charge in [0.05, 0.1) is 6.04 Å². The molecule has 2 heterocycles. The zero-order valence-electron chi connectivity index (χ0n) is 17.1. The molecule has 0 aliphatic carbocycles. The predicted molar refractivity (Wildman–Crippen MR) is 101 cm³/mol. The molecule has 2 saturated heterocycles. The number of hydrogen-bond acceptors (Lipinski definition) is 4. The third kappa shape index (κ3) is 5.15. The molecule has 0 saturated carbocycles. The van der Waals surface area contributed by atoms with E-state index in [0.717, 1.165) is 19.3 Å². The van der Waals surface area contributed by atoms with Crippen molar-refractivity contribution in [3.8, 4) is 0 Å². The van der Waals surface area contributed by atoms with E-state index in [9.17, 15) is 9.59 Å². The first-order valence-electron chi connectivity index (χ1n) is 9.53. The second-order valence-corrected chi connectivity index (χ2v) is 9.31. The summed E-state index contributed by atoms with van der Waals surface area (Å²) >= 11 is 0. The Kier molecular flexibility index (Phi) is 5.93. The van der Waals surface area contributed by atoms with Gasteiger partial charge in [-0.2, -0.15) is 0 Å². The van der Waals surface area contributed by atoms with Gasteiger partial charge >= 0.3 is 12.2 Å². The van der Waals surface area contributed by atoms with Gasteiger partial charge in [-0.05, 0) is 66.7 Å². The fourth-order valence-corrected chi connectivity index (χ4v) is 3.76. The summed E-state index contributed by atoms with van der Waals surface area (Å²) in [6.45, 7) is 16.4. The lowest BCUT2D eigenvalue weighted by Crippen LogP contribution is -2.44. The van der Waals surface area contributed by atoms with Crippen molar-refractivity contribution >= 4 is 12.2 Å². The maximum Gasteiger partial charge on any atom is 0.410 e. The van der Waals surface area contributed by atoms with Gasteiger partial charge in [0.15, 0.2) is 0 Å². The molecule has 0 bridgehead atoms. The molecule has 2 aliphatic rings. The summed E-state index contributed by atoms with van der Waals surface area (Å²) in [5.74, 6) is 0.209. The summed E-state index contributed by atoms with van der Waals surface area (Å²) in [6, 6.07) is 0.0377. The Bertz CT molecular complexity index is 547. The lowest BCUT2D eigenvalue weighted by molar-refractivity contribution is 0.0167. The smallest absolute Gasteiger partial charge is 0.410 e. The number of nitrogens with zero attached hydrogens (tertiary/aromatic N) is 2. The zero-order chi connectivity index (χ0) is 19.7. The molecule has 26 heavy (non-hydrogen) atoms. The van der Waals surface area contributed by atoms with Gasteiger partial charge in [-0.25, -0.2) is 9.59 Å². The van der Waals surface area contributed by atoms with Crippen molar-refractivity contribution in [2.75, 3.05) is 13.1 Å². The Balaban J connectivity index is 2.07. The van der Waals surface area contributed by atoms with Crippen LogP contribution in [0.3, 0.4) is 0 Å². The van der Waals surface area contributed by atoms with Crippen LogP contribution in [-0.2, 0) is 9.47 Å². The predicted octanol–water partition coefficient (Wildman–Crippen LogP) is 4.20. The van der Waals surface area contributed by atoms with Crippen LogP contribution < -0.4 is 0 Å². The monoisotopic (exact) mass is 366 g/mol. The van der Waals surface area contributed by atoms with Crippen molar-refractivity contribution in [2.24, 2.45) is 5.92 Å². The average Bonchev–Trinajstić information content (AvgIpc) is 3.09. The first-order chi connectivity index (χ1) is 11.9. The highest BCUT2D eigenvalue weighted by molar-refractivity contribution is 5.70. The molecule has 2 rings (SSSR count). The molecule has 148 valence electrons. The zero-order valence-corrected chi connectivity index (χ0v) is 17.1. The van der Waals surface area contributed by atoms with Gasteiger partial charge in [0.25, 0.3) is 0 Å². The van der Waals surface area contributed by atoms with Crippen molar-refractivity contribution in [1.82, 2.24) is 9.80 Å². The fraction of sp³-hybridized carbons (Fsp3) is 0.800. The summed E-state index contributed by atoms with van der Waals surface area (Å²) in [5, 5.41) is 0.